The van der Waals surface area contributed by atoms with E-state index < -0.39 is 0 Å². The summed E-state index contributed by atoms with van der Waals surface area (Å²) in [5.41, 5.74) is 1.47. The number of nitrogens with zero attached hydrogens (tertiary/aromatic N) is 1. The van der Waals surface area contributed by atoms with Gasteiger partial charge in [-0.2, -0.15) is 0 Å². The summed E-state index contributed by atoms with van der Waals surface area (Å²) in [5.74, 6) is 1.10. The summed E-state index contributed by atoms with van der Waals surface area (Å²) in [4.78, 5) is 26.7. The van der Waals surface area contributed by atoms with Crippen molar-refractivity contribution in [2.75, 3.05) is 27.3 Å². The van der Waals surface area contributed by atoms with E-state index in [4.69, 9.17) is 9.47 Å². The Morgan fingerprint density at radius 3 is 2.59 bits per heavy atom. The van der Waals surface area contributed by atoms with Crippen LogP contribution in [0.5, 0.6) is 11.5 Å². The van der Waals surface area contributed by atoms with E-state index >= 15 is 0 Å². The van der Waals surface area contributed by atoms with Crippen molar-refractivity contribution in [1.29, 1.82) is 0 Å². The zero-order valence-electron chi connectivity index (χ0n) is 15.6. The first-order valence-electron chi connectivity index (χ1n) is 8.98. The van der Waals surface area contributed by atoms with Crippen molar-refractivity contribution in [2.24, 2.45) is 0 Å². The normalized spacial score (nSPS) is 16.1. The molecule has 2 aromatic carbocycles. The second-order valence-corrected chi connectivity index (χ2v) is 6.40. The molecule has 1 heterocycles. The van der Waals surface area contributed by atoms with Crippen LogP contribution in [-0.4, -0.2) is 44.0 Å². The monoisotopic (exact) mass is 368 g/mol. The smallest absolute Gasteiger partial charge is 0.251 e. The topological polar surface area (TPSA) is 67.9 Å². The van der Waals surface area contributed by atoms with Gasteiger partial charge in [0, 0.05) is 17.7 Å². The SMILES string of the molecule is COc1ccc(OC)c([C@H]2CCCN2C(=O)CNC(=O)c2ccccc2)c1. The summed E-state index contributed by atoms with van der Waals surface area (Å²) in [7, 11) is 3.23. The molecule has 27 heavy (non-hydrogen) atoms. The quantitative estimate of drug-likeness (QED) is 0.851. The fourth-order valence-electron chi connectivity index (χ4n) is 3.44. The highest BCUT2D eigenvalue weighted by Crippen LogP contribution is 2.38. The molecule has 0 bridgehead atoms. The first kappa shape index (κ1) is 18.8. The fourth-order valence-corrected chi connectivity index (χ4v) is 3.44. The summed E-state index contributed by atoms with van der Waals surface area (Å²) in [6.45, 7) is 0.627. The summed E-state index contributed by atoms with van der Waals surface area (Å²) < 4.78 is 10.8. The molecule has 3 rings (SSSR count). The van der Waals surface area contributed by atoms with Gasteiger partial charge in [-0.1, -0.05) is 18.2 Å². The number of nitrogens with one attached hydrogen (secondary N) is 1. The van der Waals surface area contributed by atoms with E-state index in [1.807, 2.05) is 29.2 Å². The van der Waals surface area contributed by atoms with Crippen molar-refractivity contribution < 1.29 is 19.1 Å². The van der Waals surface area contributed by atoms with Crippen molar-refractivity contribution in [3.05, 3.63) is 59.7 Å². The number of benzene rings is 2. The maximum atomic E-state index is 12.8. The van der Waals surface area contributed by atoms with Crippen LogP contribution in [0.3, 0.4) is 0 Å². The molecular formula is C21H24N2O4. The third-order valence-electron chi connectivity index (χ3n) is 4.81. The van der Waals surface area contributed by atoms with Gasteiger partial charge in [-0.25, -0.2) is 0 Å². The van der Waals surface area contributed by atoms with Gasteiger partial charge in [-0.05, 0) is 43.2 Å². The highest BCUT2D eigenvalue weighted by Gasteiger charge is 2.32. The molecular weight excluding hydrogens is 344 g/mol. The first-order chi connectivity index (χ1) is 13.1. The Bertz CT molecular complexity index is 807. The van der Waals surface area contributed by atoms with Gasteiger partial charge >= 0.3 is 0 Å². The molecule has 0 spiro atoms. The highest BCUT2D eigenvalue weighted by atomic mass is 16.5. The summed E-state index contributed by atoms with van der Waals surface area (Å²) in [5, 5.41) is 2.71. The number of rotatable bonds is 6. The minimum atomic E-state index is -0.251. The molecule has 0 unspecified atom stereocenters. The lowest BCUT2D eigenvalue weighted by Gasteiger charge is -2.27. The van der Waals surface area contributed by atoms with Crippen LogP contribution in [-0.2, 0) is 4.79 Å². The van der Waals surface area contributed by atoms with Crippen molar-refractivity contribution in [1.82, 2.24) is 10.2 Å². The average molecular weight is 368 g/mol. The lowest BCUT2D eigenvalue weighted by atomic mass is 10.0. The Kier molecular flexibility index (Phi) is 5.96. The van der Waals surface area contributed by atoms with E-state index in [1.54, 1.807) is 38.5 Å². The largest absolute Gasteiger partial charge is 0.497 e. The van der Waals surface area contributed by atoms with Gasteiger partial charge in [0.05, 0.1) is 26.8 Å². The van der Waals surface area contributed by atoms with E-state index in [-0.39, 0.29) is 24.4 Å². The van der Waals surface area contributed by atoms with Crippen LogP contribution in [0, 0.1) is 0 Å². The molecule has 1 saturated heterocycles. The molecule has 2 aromatic rings. The number of carbonyl (C=O) groups is 2. The van der Waals surface area contributed by atoms with E-state index in [9.17, 15) is 9.59 Å². The molecule has 0 saturated carbocycles. The maximum absolute atomic E-state index is 12.8. The van der Waals surface area contributed by atoms with Crippen LogP contribution in [0.25, 0.3) is 0 Å². The number of likely N-dealkylation sites (tertiary alicyclic amines) is 1. The molecule has 1 fully saturated rings. The van der Waals surface area contributed by atoms with Crippen LogP contribution in [0.2, 0.25) is 0 Å². The van der Waals surface area contributed by atoms with Crippen LogP contribution in [0.4, 0.5) is 0 Å². The first-order valence-corrected chi connectivity index (χ1v) is 8.98. The number of carbonyl (C=O) groups excluding carboxylic acids is 2. The van der Waals surface area contributed by atoms with Gasteiger partial charge in [-0.15, -0.1) is 0 Å². The highest BCUT2D eigenvalue weighted by molar-refractivity contribution is 5.96. The standard InChI is InChI=1S/C21H24N2O4/c1-26-16-10-11-19(27-2)17(13-16)18-9-6-12-23(18)20(24)14-22-21(25)15-7-4-3-5-8-15/h3-5,7-8,10-11,13,18H,6,9,12,14H2,1-2H3,(H,22,25)/t18-/m1/s1. The Morgan fingerprint density at radius 2 is 1.89 bits per heavy atom. The molecule has 1 aliphatic rings. The van der Waals surface area contributed by atoms with Crippen molar-refractivity contribution in [3.63, 3.8) is 0 Å². The average Bonchev–Trinajstić information content (AvgIpc) is 3.21. The number of hydrogen-bond donors (Lipinski definition) is 1. The number of ether oxygens (including phenoxy) is 2. The maximum Gasteiger partial charge on any atom is 0.251 e. The fraction of sp³-hybridized carbons (Fsp3) is 0.333. The predicted octanol–water partition coefficient (Wildman–Crippen LogP) is 2.80. The summed E-state index contributed by atoms with van der Waals surface area (Å²) >= 11 is 0. The summed E-state index contributed by atoms with van der Waals surface area (Å²) in [6, 6.07) is 14.4. The number of methoxy groups -OCH3 is 2. The Morgan fingerprint density at radius 1 is 1.11 bits per heavy atom. The molecule has 142 valence electrons. The number of hydrogen-bond acceptors (Lipinski definition) is 4. The van der Waals surface area contributed by atoms with Gasteiger partial charge < -0.3 is 19.7 Å². The van der Waals surface area contributed by atoms with Crippen LogP contribution >= 0.6 is 0 Å². The van der Waals surface area contributed by atoms with Gasteiger partial charge in [0.15, 0.2) is 0 Å². The van der Waals surface area contributed by atoms with Crippen molar-refractivity contribution in [2.45, 2.75) is 18.9 Å². The van der Waals surface area contributed by atoms with Crippen LogP contribution in [0.1, 0.15) is 34.8 Å². The minimum Gasteiger partial charge on any atom is -0.497 e. The van der Waals surface area contributed by atoms with Gasteiger partial charge in [0.2, 0.25) is 5.91 Å². The Hall–Kier alpha value is -3.02. The van der Waals surface area contributed by atoms with Gasteiger partial charge in [0.25, 0.3) is 5.91 Å². The third-order valence-corrected chi connectivity index (χ3v) is 4.81. The Labute approximate surface area is 159 Å². The number of amides is 2. The zero-order chi connectivity index (χ0) is 19.2. The predicted molar refractivity (Wildman–Crippen MR) is 102 cm³/mol. The van der Waals surface area contributed by atoms with E-state index in [0.29, 0.717) is 12.1 Å². The second-order valence-electron chi connectivity index (χ2n) is 6.40. The van der Waals surface area contributed by atoms with E-state index in [0.717, 1.165) is 29.9 Å². The second kappa shape index (κ2) is 8.58. The molecule has 1 aliphatic heterocycles. The minimum absolute atomic E-state index is 0.0312. The molecule has 0 aromatic heterocycles. The Balaban J connectivity index is 1.71. The van der Waals surface area contributed by atoms with E-state index in [1.165, 1.54) is 0 Å². The third kappa shape index (κ3) is 4.22. The molecule has 0 aliphatic carbocycles. The molecule has 0 radical (unpaired) electrons. The molecule has 6 heteroatoms. The molecule has 2 amide bonds. The lowest BCUT2D eigenvalue weighted by Crippen LogP contribution is -2.39. The summed E-state index contributed by atoms with van der Waals surface area (Å²) in [6.07, 6.45) is 1.76. The molecule has 6 nitrogen and oxygen atoms in total. The van der Waals surface area contributed by atoms with Crippen molar-refractivity contribution in [3.8, 4) is 11.5 Å². The molecule has 1 N–H and O–H groups in total. The van der Waals surface area contributed by atoms with Crippen molar-refractivity contribution >= 4 is 11.8 Å². The van der Waals surface area contributed by atoms with E-state index in [2.05, 4.69) is 5.32 Å². The zero-order valence-corrected chi connectivity index (χ0v) is 15.6. The molecule has 1 atom stereocenters. The van der Waals surface area contributed by atoms with Crippen LogP contribution < -0.4 is 14.8 Å². The lowest BCUT2D eigenvalue weighted by molar-refractivity contribution is -0.131. The van der Waals surface area contributed by atoms with Gasteiger partial charge in [0.1, 0.15) is 11.5 Å². The van der Waals surface area contributed by atoms with Crippen LogP contribution in [0.15, 0.2) is 48.5 Å². The van der Waals surface area contributed by atoms with Gasteiger partial charge in [-0.3, -0.25) is 9.59 Å².